The fraction of sp³-hybridized carbons (Fsp3) is 1.00. The lowest BCUT2D eigenvalue weighted by Gasteiger charge is -2.28. The van der Waals surface area contributed by atoms with Crippen molar-refractivity contribution >= 4 is 23.6 Å². The third kappa shape index (κ3) is 8.40. The van der Waals surface area contributed by atoms with E-state index >= 15 is 0 Å². The van der Waals surface area contributed by atoms with Gasteiger partial charge in [-0.3, -0.25) is 4.57 Å². The van der Waals surface area contributed by atoms with E-state index in [1.807, 2.05) is 27.7 Å². The molecule has 0 amide bonds. The summed E-state index contributed by atoms with van der Waals surface area (Å²) in [6.45, 7) is 9.00. The van der Waals surface area contributed by atoms with Crippen LogP contribution in [0.1, 0.15) is 34.1 Å². The third-order valence-electron chi connectivity index (χ3n) is 1.39. The molecular formula is C9H22BrN2O2P. The Morgan fingerprint density at radius 3 is 2.20 bits per heavy atom. The predicted molar refractivity (Wildman–Crippen MR) is 68.5 cm³/mol. The van der Waals surface area contributed by atoms with Gasteiger partial charge < -0.3 is 4.52 Å². The predicted octanol–water partition coefficient (Wildman–Crippen LogP) is 2.89. The van der Waals surface area contributed by atoms with Crippen molar-refractivity contribution in [1.82, 2.24) is 10.2 Å². The van der Waals surface area contributed by atoms with Crippen LogP contribution in [0.15, 0.2) is 0 Å². The number of hydrogen-bond donors (Lipinski definition) is 2. The number of rotatable bonds is 7. The summed E-state index contributed by atoms with van der Waals surface area (Å²) in [5.74, 6) is 0. The van der Waals surface area contributed by atoms with Crippen LogP contribution in [-0.2, 0) is 9.09 Å². The van der Waals surface area contributed by atoms with E-state index < -0.39 is 13.3 Å². The van der Waals surface area contributed by atoms with Crippen molar-refractivity contribution in [2.75, 3.05) is 18.4 Å². The second kappa shape index (κ2) is 7.02. The Morgan fingerprint density at radius 1 is 1.27 bits per heavy atom. The Labute approximate surface area is 101 Å². The molecule has 0 saturated heterocycles. The first kappa shape index (κ1) is 15.6. The molecule has 0 bridgehead atoms. The first-order chi connectivity index (χ1) is 6.83. The van der Waals surface area contributed by atoms with E-state index in [0.717, 1.165) is 11.8 Å². The van der Waals surface area contributed by atoms with Gasteiger partial charge in [-0.15, -0.1) is 0 Å². The van der Waals surface area contributed by atoms with Crippen LogP contribution in [0.3, 0.4) is 0 Å². The molecule has 1 unspecified atom stereocenters. The molecule has 6 heteroatoms. The highest BCUT2D eigenvalue weighted by Gasteiger charge is 2.28. The second-order valence-corrected chi connectivity index (χ2v) is 6.97. The molecule has 0 rings (SSSR count). The number of halogens is 1. The van der Waals surface area contributed by atoms with Gasteiger partial charge in [0.2, 0.25) is 0 Å². The Balaban J connectivity index is 4.34. The van der Waals surface area contributed by atoms with E-state index in [4.69, 9.17) is 4.52 Å². The highest BCUT2D eigenvalue weighted by molar-refractivity contribution is 9.09. The molecule has 0 aromatic carbocycles. The molecule has 0 aliphatic rings. The van der Waals surface area contributed by atoms with Crippen LogP contribution < -0.4 is 10.2 Å². The van der Waals surface area contributed by atoms with Gasteiger partial charge in [0.15, 0.2) is 0 Å². The van der Waals surface area contributed by atoms with Crippen molar-refractivity contribution < 1.29 is 9.09 Å². The van der Waals surface area contributed by atoms with Crippen molar-refractivity contribution in [3.05, 3.63) is 0 Å². The fourth-order valence-corrected chi connectivity index (χ4v) is 3.40. The van der Waals surface area contributed by atoms with Crippen LogP contribution in [0.25, 0.3) is 0 Å². The highest BCUT2D eigenvalue weighted by Crippen LogP contribution is 2.41. The maximum Gasteiger partial charge on any atom is 0.341 e. The zero-order chi connectivity index (χ0) is 11.9. The van der Waals surface area contributed by atoms with Gasteiger partial charge in [0.05, 0.1) is 5.60 Å². The lowest BCUT2D eigenvalue weighted by Crippen LogP contribution is -2.31. The minimum atomic E-state index is -2.90. The largest absolute Gasteiger partial charge is 0.341 e. The van der Waals surface area contributed by atoms with Gasteiger partial charge in [-0.25, -0.2) is 10.2 Å². The van der Waals surface area contributed by atoms with E-state index in [2.05, 4.69) is 26.1 Å². The highest BCUT2D eigenvalue weighted by atomic mass is 79.9. The van der Waals surface area contributed by atoms with Crippen LogP contribution in [0.5, 0.6) is 0 Å². The monoisotopic (exact) mass is 300 g/mol. The van der Waals surface area contributed by atoms with Gasteiger partial charge in [0, 0.05) is 18.4 Å². The summed E-state index contributed by atoms with van der Waals surface area (Å²) < 4.78 is 17.8. The maximum atomic E-state index is 12.3. The van der Waals surface area contributed by atoms with Gasteiger partial charge in [-0.1, -0.05) is 22.9 Å². The van der Waals surface area contributed by atoms with Crippen LogP contribution in [0.2, 0.25) is 0 Å². The first-order valence-electron chi connectivity index (χ1n) is 5.20. The Hall–Kier alpha value is 0.590. The topological polar surface area (TPSA) is 50.4 Å². The zero-order valence-electron chi connectivity index (χ0n) is 9.97. The van der Waals surface area contributed by atoms with Crippen molar-refractivity contribution in [3.8, 4) is 0 Å². The Kier molecular flexibility index (Phi) is 7.30. The summed E-state index contributed by atoms with van der Waals surface area (Å²) in [4.78, 5) is 0. The molecule has 1 atom stereocenters. The summed E-state index contributed by atoms with van der Waals surface area (Å²) in [6, 6.07) is 0. The molecule has 92 valence electrons. The molecule has 0 radical (unpaired) electrons. The van der Waals surface area contributed by atoms with Crippen molar-refractivity contribution in [3.63, 3.8) is 0 Å². The summed E-state index contributed by atoms with van der Waals surface area (Å²) in [5.41, 5.74) is -0.421. The van der Waals surface area contributed by atoms with Crippen LogP contribution >= 0.6 is 23.6 Å². The smallest absolute Gasteiger partial charge is 0.300 e. The molecule has 15 heavy (non-hydrogen) atoms. The molecule has 0 aliphatic heterocycles. The second-order valence-electron chi connectivity index (χ2n) is 4.26. The molecule has 0 spiro atoms. The number of nitrogens with one attached hydrogen (secondary N) is 2. The van der Waals surface area contributed by atoms with E-state index in [1.54, 1.807) is 0 Å². The average molecular weight is 301 g/mol. The van der Waals surface area contributed by atoms with Gasteiger partial charge >= 0.3 is 7.67 Å². The number of hydrogen-bond acceptors (Lipinski definition) is 2. The van der Waals surface area contributed by atoms with Gasteiger partial charge in [0.25, 0.3) is 0 Å². The minimum absolute atomic E-state index is 0.421. The SMILES string of the molecule is CCCNP(=O)(NCCBr)OC(C)(C)C. The lowest BCUT2D eigenvalue weighted by atomic mass is 10.2. The van der Waals surface area contributed by atoms with E-state index in [1.165, 1.54) is 0 Å². The molecular weight excluding hydrogens is 279 g/mol. The van der Waals surface area contributed by atoms with Gasteiger partial charge in [-0.05, 0) is 27.2 Å². The first-order valence-corrected chi connectivity index (χ1v) is 7.94. The number of alkyl halides is 1. The van der Waals surface area contributed by atoms with Gasteiger partial charge in [0.1, 0.15) is 0 Å². The fourth-order valence-electron chi connectivity index (χ4n) is 0.955. The van der Waals surface area contributed by atoms with Gasteiger partial charge in [-0.2, -0.15) is 0 Å². The zero-order valence-corrected chi connectivity index (χ0v) is 12.5. The molecule has 0 aliphatic carbocycles. The van der Waals surface area contributed by atoms with Crippen LogP contribution in [0, 0.1) is 0 Å². The summed E-state index contributed by atoms with van der Waals surface area (Å²) in [6.07, 6.45) is 0.924. The molecule has 4 nitrogen and oxygen atoms in total. The molecule has 2 N–H and O–H groups in total. The standard InChI is InChI=1S/C9H22BrN2O2P/c1-5-7-11-15(13,12-8-6-10)14-9(2,3)4/h5-8H2,1-4H3,(H2,11,12,13). The summed E-state index contributed by atoms with van der Waals surface area (Å²) >= 11 is 3.28. The van der Waals surface area contributed by atoms with E-state index in [-0.39, 0.29) is 0 Å². The van der Waals surface area contributed by atoms with Crippen molar-refractivity contribution in [2.24, 2.45) is 0 Å². The Morgan fingerprint density at radius 2 is 1.80 bits per heavy atom. The molecule has 0 fully saturated rings. The van der Waals surface area contributed by atoms with Crippen molar-refractivity contribution in [2.45, 2.75) is 39.7 Å². The summed E-state index contributed by atoms with van der Waals surface area (Å²) in [5, 5.41) is 6.60. The third-order valence-corrected chi connectivity index (χ3v) is 3.87. The maximum absolute atomic E-state index is 12.3. The molecule has 0 heterocycles. The minimum Gasteiger partial charge on any atom is -0.300 e. The lowest BCUT2D eigenvalue weighted by molar-refractivity contribution is 0.127. The molecule has 0 aromatic heterocycles. The Bertz CT molecular complexity index is 207. The summed E-state index contributed by atoms with van der Waals surface area (Å²) in [7, 11) is -2.90. The van der Waals surface area contributed by atoms with Crippen molar-refractivity contribution in [1.29, 1.82) is 0 Å². The molecule has 0 saturated carbocycles. The van der Waals surface area contributed by atoms with E-state index in [0.29, 0.717) is 13.1 Å². The van der Waals surface area contributed by atoms with Crippen LogP contribution in [0.4, 0.5) is 0 Å². The molecule has 0 aromatic rings. The average Bonchev–Trinajstić information content (AvgIpc) is 2.09. The van der Waals surface area contributed by atoms with Crippen LogP contribution in [-0.4, -0.2) is 24.0 Å². The normalized spacial score (nSPS) is 16.3. The quantitative estimate of drug-likeness (QED) is 0.561. The van der Waals surface area contributed by atoms with E-state index in [9.17, 15) is 4.57 Å².